The number of carbonyl (C=O) groups is 20. The van der Waals surface area contributed by atoms with Gasteiger partial charge in [-0.05, 0) is 199 Å². The molecule has 17 amide bonds. The highest BCUT2D eigenvalue weighted by Gasteiger charge is 2.38. The van der Waals surface area contributed by atoms with Gasteiger partial charge in [0.2, 0.25) is 100 Å². The summed E-state index contributed by atoms with van der Waals surface area (Å²) in [6.45, 7) is 6.73. The number of carbonyl (C=O) groups excluding carboxylic acids is 17. The van der Waals surface area contributed by atoms with E-state index in [1.807, 2.05) is 0 Å². The number of nitrogens with one attached hydrogen (secondary N) is 21. The molecule has 0 unspecified atom stereocenters. The second-order valence-corrected chi connectivity index (χ2v) is 34.5. The molecule has 0 saturated heterocycles. The molecule has 1 aromatic rings. The number of rotatable bonds is 76. The highest BCUT2D eigenvalue weighted by Crippen LogP contribution is 2.16. The number of amides is 17. The third-order valence-corrected chi connectivity index (χ3v) is 22.1. The number of carboxylic acids is 3. The van der Waals surface area contributed by atoms with Crippen molar-refractivity contribution in [2.75, 3.05) is 72.1 Å². The summed E-state index contributed by atoms with van der Waals surface area (Å²) in [5, 5.41) is 101. The Bertz CT molecular complexity index is 4200. The highest BCUT2D eigenvalue weighted by molar-refractivity contribution is 6.01. The normalized spacial score (nSPS) is 14.4. The smallest absolute Gasteiger partial charge is 0.326 e. The van der Waals surface area contributed by atoms with Crippen LogP contribution in [0.5, 0.6) is 0 Å². The molecule has 0 radical (unpaired) electrons. The molecule has 0 saturated carbocycles. The largest absolute Gasteiger partial charge is 0.481 e. The van der Waals surface area contributed by atoms with Crippen LogP contribution in [0, 0.1) is 22.7 Å². The van der Waals surface area contributed by atoms with Gasteiger partial charge in [0, 0.05) is 32.4 Å². The summed E-state index contributed by atoms with van der Waals surface area (Å²) in [6.07, 6.45) is 0.840. The van der Waals surface area contributed by atoms with Crippen LogP contribution >= 0.6 is 0 Å². The lowest BCUT2D eigenvalue weighted by atomic mass is 9.99. The topological polar surface area (TPSA) is 907 Å². The number of nitrogens with two attached hydrogens (primary N) is 8. The number of carboxylic acid groups (broad SMARTS) is 3. The molecule has 0 bridgehead atoms. The minimum atomic E-state index is -1.75. The van der Waals surface area contributed by atoms with Gasteiger partial charge >= 0.3 is 17.9 Å². The highest BCUT2D eigenvalue weighted by atomic mass is 16.4. The Morgan fingerprint density at radius 1 is 0.326 bits per heavy atom. The first-order valence-corrected chi connectivity index (χ1v) is 47.6. The summed E-state index contributed by atoms with van der Waals surface area (Å²) in [7, 11) is 0. The average molecular weight is 2000 g/mol. The molecular weight excluding hydrogens is 1850 g/mol. The first kappa shape index (κ1) is 126. The Hall–Kier alpha value is -13.1. The fourth-order valence-corrected chi connectivity index (χ4v) is 13.8. The van der Waals surface area contributed by atoms with Crippen LogP contribution in [-0.2, 0) is 102 Å². The zero-order valence-electron chi connectivity index (χ0n) is 81.4. The number of benzene rings is 1. The third kappa shape index (κ3) is 54.3. The van der Waals surface area contributed by atoms with Gasteiger partial charge in [-0.2, -0.15) is 0 Å². The Labute approximate surface area is 819 Å². The van der Waals surface area contributed by atoms with Crippen molar-refractivity contribution in [1.29, 1.82) is 10.8 Å². The molecule has 0 fully saturated rings. The lowest BCUT2D eigenvalue weighted by Gasteiger charge is -2.28. The Morgan fingerprint density at radius 3 is 0.972 bits per heavy atom. The maximum atomic E-state index is 14.5. The predicted octanol–water partition coefficient (Wildman–Crippen LogP) is -9.20. The number of unbranched alkanes of at least 4 members (excludes halogenated alkanes) is 5. The van der Waals surface area contributed by atoms with Crippen molar-refractivity contribution in [3.8, 4) is 0 Å². The lowest BCUT2D eigenvalue weighted by molar-refractivity contribution is -0.144. The van der Waals surface area contributed by atoms with Crippen LogP contribution in [0.2, 0.25) is 0 Å². The van der Waals surface area contributed by atoms with Crippen LogP contribution < -0.4 is 147 Å². The van der Waals surface area contributed by atoms with Crippen molar-refractivity contribution in [3.05, 3.63) is 35.9 Å². The van der Waals surface area contributed by atoms with Crippen molar-refractivity contribution >= 4 is 130 Å². The van der Waals surface area contributed by atoms with Gasteiger partial charge in [-0.3, -0.25) is 102 Å². The van der Waals surface area contributed by atoms with E-state index in [0.29, 0.717) is 57.1 Å². The summed E-state index contributed by atoms with van der Waals surface area (Å²) in [6, 6.07) is -13.7. The first-order chi connectivity index (χ1) is 66.8. The van der Waals surface area contributed by atoms with Crippen molar-refractivity contribution in [2.45, 2.75) is 299 Å². The molecule has 53 heteroatoms. The van der Waals surface area contributed by atoms with E-state index in [2.05, 4.69) is 101 Å². The Morgan fingerprint density at radius 2 is 0.617 bits per heavy atom. The monoisotopic (exact) mass is 2000 g/mol. The van der Waals surface area contributed by atoms with E-state index in [9.17, 15) is 116 Å². The van der Waals surface area contributed by atoms with Gasteiger partial charge in [-0.1, -0.05) is 70.9 Å². The Balaban J connectivity index is 3.48. The van der Waals surface area contributed by atoms with Crippen molar-refractivity contribution < 1.29 is 116 Å². The molecule has 796 valence electrons. The second kappa shape index (κ2) is 71.3. The zero-order valence-corrected chi connectivity index (χ0v) is 81.4. The van der Waals surface area contributed by atoms with E-state index in [0.717, 1.165) is 0 Å². The standard InChI is InChI=1S/C88H155N29O24/c1-7-50(4)71(86(140)141)117-73(127)52(6)105-79(133)59(30-21-41-99-87(95)96)113-85(139)65(48-118)108-68(121)47-101-75(129)55(26-12-17-37-90)109-72(126)51(5)104-78(132)56(27-13-18-38-91)106-66(119)45-103-77(131)64(44-53-23-9-8-10-24-53)116-83(137)61(32-34-69(122)123)107-67(120)46-102-76(130)63(43-49(2)3)115-82(136)58(29-15-20-40-93)111-80(134)57(28-14-19-39-92)112-84(138)62(33-35-70(124)125)114-81(135)60(31-22-42-100-88(97)98)110-74(128)54(94)25-11-16-36-89/h8-10,23-24,49-52,54-65,71,118H,7,11-22,25-48,89-94H2,1-6H3,(H,101,129)(H,102,130)(H,103,131)(H,104,132)(H,105,133)(H,106,119)(H,107,120)(H,108,121)(H,109,126)(H,110,128)(H,111,134)(H,112,138)(H,113,139)(H,114,135)(H,115,136)(H,116,137)(H,117,127)(H,122,123)(H,124,125)(H,140,141)(H4,95,96,99)(H4,97,98,100)/t50-,51-,52-,54-,55-,56-,57-,58-,59-,60-,61-,62-,63-,64-,65-,71-/m0/s1. The van der Waals surface area contributed by atoms with Crippen LogP contribution in [0.3, 0.4) is 0 Å². The van der Waals surface area contributed by atoms with Crippen LogP contribution in [0.15, 0.2) is 30.3 Å². The molecule has 16 atom stereocenters. The van der Waals surface area contributed by atoms with E-state index in [-0.39, 0.29) is 147 Å². The van der Waals surface area contributed by atoms with E-state index >= 15 is 0 Å². The van der Waals surface area contributed by atoms with Crippen LogP contribution in [0.4, 0.5) is 0 Å². The molecular formula is C88H155N29O24. The molecule has 0 aromatic heterocycles. The second-order valence-electron chi connectivity index (χ2n) is 34.5. The zero-order chi connectivity index (χ0) is 106. The van der Waals surface area contributed by atoms with Crippen LogP contribution in [0.25, 0.3) is 0 Å². The van der Waals surface area contributed by atoms with Gasteiger partial charge < -0.3 is 167 Å². The number of aliphatic carboxylic acids is 3. The number of guanidine groups is 2. The Kier molecular flexibility index (Phi) is 63.7. The minimum Gasteiger partial charge on any atom is -0.481 e. The fourth-order valence-electron chi connectivity index (χ4n) is 13.8. The number of aliphatic hydroxyl groups is 1. The predicted molar refractivity (Wildman–Crippen MR) is 516 cm³/mol. The molecule has 1 rings (SSSR count). The van der Waals surface area contributed by atoms with Crippen LogP contribution in [-0.4, -0.2) is 313 Å². The van der Waals surface area contributed by atoms with E-state index in [1.165, 1.54) is 13.8 Å². The SMILES string of the molecule is CC[C@H](C)[C@H](NC(=O)[C@H](C)NC(=O)[C@H](CCCNC(=N)N)NC(=O)[C@H](CO)NC(=O)CNC(=O)[C@H](CCCCN)NC(=O)[C@H](C)NC(=O)[C@H](CCCCN)NC(=O)CNC(=O)[C@H](Cc1ccccc1)NC(=O)[C@H](CCC(=O)O)NC(=O)CNC(=O)[C@H](CC(C)C)NC(=O)[C@H](CCCCN)NC(=O)[C@H](CCCCN)NC(=O)[C@H](CCC(=O)O)NC(=O)[C@H](CCCNC(=N)N)NC(=O)[C@@H](N)CCCCN)C(=O)O. The van der Waals surface area contributed by atoms with Gasteiger partial charge in [0.05, 0.1) is 32.3 Å². The van der Waals surface area contributed by atoms with Gasteiger partial charge in [0.25, 0.3) is 0 Å². The van der Waals surface area contributed by atoms with Crippen molar-refractivity contribution in [2.24, 2.45) is 57.7 Å². The molecule has 141 heavy (non-hydrogen) atoms. The van der Waals surface area contributed by atoms with Gasteiger partial charge in [0.15, 0.2) is 11.9 Å². The number of aliphatic hydroxyl groups excluding tert-OH is 1. The quantitative estimate of drug-likeness (QED) is 0.0164. The van der Waals surface area contributed by atoms with E-state index in [1.54, 1.807) is 58.0 Å². The molecule has 53 nitrogen and oxygen atoms in total. The molecule has 0 aliphatic heterocycles. The first-order valence-electron chi connectivity index (χ1n) is 47.6. The summed E-state index contributed by atoms with van der Waals surface area (Å²) in [5.74, 6) is -22.0. The minimum absolute atomic E-state index is 0.0460. The summed E-state index contributed by atoms with van der Waals surface area (Å²) < 4.78 is 0. The number of hydrogen-bond acceptors (Lipinski definition) is 29. The molecule has 41 N–H and O–H groups in total. The summed E-state index contributed by atoms with van der Waals surface area (Å²) in [4.78, 5) is 273. The maximum absolute atomic E-state index is 14.5. The van der Waals surface area contributed by atoms with Gasteiger partial charge in [0.1, 0.15) is 84.6 Å². The average Bonchev–Trinajstić information content (AvgIpc) is 0.858. The molecule has 1 aromatic carbocycles. The lowest BCUT2D eigenvalue weighted by Crippen LogP contribution is -2.59. The van der Waals surface area contributed by atoms with E-state index < -0.39 is 273 Å². The third-order valence-electron chi connectivity index (χ3n) is 22.1. The van der Waals surface area contributed by atoms with Gasteiger partial charge in [-0.25, -0.2) is 4.79 Å². The number of hydrogen-bond donors (Lipinski definition) is 33. The molecule has 0 aliphatic carbocycles. The molecule has 0 spiro atoms. The van der Waals surface area contributed by atoms with E-state index in [4.69, 9.17) is 56.7 Å². The summed E-state index contributed by atoms with van der Waals surface area (Å²) in [5.41, 5.74) is 46.1. The van der Waals surface area contributed by atoms with Crippen LogP contribution in [0.1, 0.15) is 208 Å². The van der Waals surface area contributed by atoms with Crippen molar-refractivity contribution in [3.63, 3.8) is 0 Å². The summed E-state index contributed by atoms with van der Waals surface area (Å²) >= 11 is 0. The van der Waals surface area contributed by atoms with Crippen molar-refractivity contribution in [1.82, 2.24) is 101 Å². The molecule has 0 aliphatic rings. The molecule has 0 heterocycles. The van der Waals surface area contributed by atoms with Gasteiger partial charge in [-0.15, -0.1) is 0 Å². The maximum Gasteiger partial charge on any atom is 0.326 e. The fraction of sp³-hybridized carbons (Fsp3) is 0.682.